The van der Waals surface area contributed by atoms with Gasteiger partial charge in [-0.15, -0.1) is 0 Å². The normalized spacial score (nSPS) is 22.6. The maximum atomic E-state index is 13.7. The van der Waals surface area contributed by atoms with E-state index in [1.165, 1.54) is 24.1 Å². The molecule has 3 heterocycles. The fraction of sp³-hybridized carbons (Fsp3) is 0.519. The number of piperidine rings is 1. The summed E-state index contributed by atoms with van der Waals surface area (Å²) < 4.78 is 11.6. The van der Waals surface area contributed by atoms with Gasteiger partial charge in [0.05, 0.1) is 12.6 Å². The third kappa shape index (κ3) is 5.18. The number of hydrogen-bond donors (Lipinski definition) is 3. The van der Waals surface area contributed by atoms with Crippen molar-refractivity contribution >= 4 is 11.6 Å². The number of aromatic hydroxyl groups is 2. The summed E-state index contributed by atoms with van der Waals surface area (Å²) in [5.41, 5.74) is 3.47. The first-order valence-corrected chi connectivity index (χ1v) is 12.6. The lowest BCUT2D eigenvalue weighted by atomic mass is 9.96. The second kappa shape index (κ2) is 10.3. The molecule has 8 heteroatoms. The number of nitrogens with one attached hydrogen (secondary N) is 1. The Morgan fingerprint density at radius 2 is 2.09 bits per heavy atom. The molecule has 3 aliphatic rings. The topological polar surface area (TPSA) is 94.5 Å². The van der Waals surface area contributed by atoms with E-state index in [2.05, 4.69) is 35.5 Å². The molecule has 0 radical (unpaired) electrons. The molecule has 2 aromatic carbocycles. The Hall–Kier alpha value is -2.97. The van der Waals surface area contributed by atoms with E-state index in [0.717, 1.165) is 50.1 Å². The highest BCUT2D eigenvalue weighted by atomic mass is 16.5. The number of hydrogen-bond acceptors (Lipinski definition) is 7. The quantitative estimate of drug-likeness (QED) is 0.582. The van der Waals surface area contributed by atoms with Gasteiger partial charge in [-0.25, -0.2) is 0 Å². The van der Waals surface area contributed by atoms with Gasteiger partial charge in [0, 0.05) is 43.6 Å². The standard InChI is InChI=1S/C27H35N3O5/c1-29-10-3-2-6-20(29)17-35-25-14-21(31)13-24(32)26(25)27(33)30-11-8-18-5-4-7-23(22(18)15-30)28-19-9-12-34-16-19/h4-5,7,13-14,19-20,28,31-32H,2-3,6,8-12,15-17H2,1H3/t19-,20?/m0/s1. The molecule has 0 aromatic heterocycles. The predicted octanol–water partition coefficient (Wildman–Crippen LogP) is 3.36. The molecule has 2 saturated heterocycles. The van der Waals surface area contributed by atoms with Crippen LogP contribution in [0.2, 0.25) is 0 Å². The summed E-state index contributed by atoms with van der Waals surface area (Å²) in [6, 6.07) is 9.37. The molecule has 0 spiro atoms. The third-order valence-corrected chi connectivity index (χ3v) is 7.48. The van der Waals surface area contributed by atoms with E-state index in [9.17, 15) is 15.0 Å². The second-order valence-corrected chi connectivity index (χ2v) is 9.90. The van der Waals surface area contributed by atoms with Gasteiger partial charge in [-0.3, -0.25) is 4.79 Å². The minimum atomic E-state index is -0.292. The Kier molecular flexibility index (Phi) is 7.02. The Labute approximate surface area is 206 Å². The van der Waals surface area contributed by atoms with Crippen molar-refractivity contribution in [2.45, 2.75) is 50.7 Å². The molecule has 3 aliphatic heterocycles. The molecule has 0 saturated carbocycles. The number of likely N-dealkylation sites (tertiary alicyclic amines) is 1. The molecule has 1 unspecified atom stereocenters. The van der Waals surface area contributed by atoms with Gasteiger partial charge in [-0.05, 0) is 56.5 Å². The van der Waals surface area contributed by atoms with E-state index in [1.54, 1.807) is 4.90 Å². The average Bonchev–Trinajstić information content (AvgIpc) is 3.36. The molecule has 8 nitrogen and oxygen atoms in total. The summed E-state index contributed by atoms with van der Waals surface area (Å²) in [5, 5.41) is 24.4. The van der Waals surface area contributed by atoms with Gasteiger partial charge in [0.2, 0.25) is 0 Å². The van der Waals surface area contributed by atoms with E-state index in [0.29, 0.717) is 26.3 Å². The summed E-state index contributed by atoms with van der Waals surface area (Å²) in [4.78, 5) is 17.7. The van der Waals surface area contributed by atoms with Gasteiger partial charge in [-0.2, -0.15) is 0 Å². The van der Waals surface area contributed by atoms with E-state index in [-0.39, 0.29) is 40.8 Å². The number of anilines is 1. The number of ether oxygens (including phenoxy) is 2. The summed E-state index contributed by atoms with van der Waals surface area (Å²) in [6.45, 7) is 3.85. The number of phenolic OH excluding ortho intramolecular Hbond substituents is 2. The molecular formula is C27H35N3O5. The van der Waals surface area contributed by atoms with Crippen LogP contribution in [0.5, 0.6) is 17.2 Å². The molecule has 35 heavy (non-hydrogen) atoms. The van der Waals surface area contributed by atoms with Crippen LogP contribution in [-0.2, 0) is 17.7 Å². The van der Waals surface area contributed by atoms with Gasteiger partial charge < -0.3 is 34.8 Å². The zero-order chi connectivity index (χ0) is 24.4. The van der Waals surface area contributed by atoms with Crippen molar-refractivity contribution < 1.29 is 24.5 Å². The third-order valence-electron chi connectivity index (χ3n) is 7.48. The first-order valence-electron chi connectivity index (χ1n) is 12.6. The Morgan fingerprint density at radius 3 is 2.89 bits per heavy atom. The van der Waals surface area contributed by atoms with Crippen LogP contribution in [0.4, 0.5) is 5.69 Å². The molecule has 2 fully saturated rings. The maximum absolute atomic E-state index is 13.7. The van der Waals surface area contributed by atoms with Crippen molar-refractivity contribution in [3.63, 3.8) is 0 Å². The smallest absolute Gasteiger partial charge is 0.261 e. The number of amides is 1. The van der Waals surface area contributed by atoms with Crippen molar-refractivity contribution in [3.8, 4) is 17.2 Å². The zero-order valence-electron chi connectivity index (χ0n) is 20.3. The lowest BCUT2D eigenvalue weighted by Gasteiger charge is -2.33. The molecule has 188 valence electrons. The highest BCUT2D eigenvalue weighted by Gasteiger charge is 2.30. The van der Waals surface area contributed by atoms with Gasteiger partial charge >= 0.3 is 0 Å². The van der Waals surface area contributed by atoms with Crippen molar-refractivity contribution in [1.82, 2.24) is 9.80 Å². The van der Waals surface area contributed by atoms with Gasteiger partial charge in [0.15, 0.2) is 0 Å². The van der Waals surface area contributed by atoms with Crippen molar-refractivity contribution in [2.24, 2.45) is 0 Å². The van der Waals surface area contributed by atoms with Gasteiger partial charge in [-0.1, -0.05) is 18.6 Å². The first kappa shape index (κ1) is 23.8. The average molecular weight is 482 g/mol. The predicted molar refractivity (Wildman–Crippen MR) is 133 cm³/mol. The fourth-order valence-corrected chi connectivity index (χ4v) is 5.37. The number of fused-ring (bicyclic) bond motifs is 1. The highest BCUT2D eigenvalue weighted by molar-refractivity contribution is 6.00. The second-order valence-electron chi connectivity index (χ2n) is 9.90. The van der Waals surface area contributed by atoms with Crippen LogP contribution < -0.4 is 10.1 Å². The van der Waals surface area contributed by atoms with Gasteiger partial charge in [0.1, 0.15) is 29.4 Å². The number of carbonyl (C=O) groups excluding carboxylic acids is 1. The van der Waals surface area contributed by atoms with Crippen LogP contribution in [-0.4, -0.2) is 78.0 Å². The molecule has 2 aromatic rings. The van der Waals surface area contributed by atoms with Crippen LogP contribution in [0.3, 0.4) is 0 Å². The number of likely N-dealkylation sites (N-methyl/N-ethyl adjacent to an activating group) is 1. The molecule has 3 N–H and O–H groups in total. The number of carbonyl (C=O) groups is 1. The molecule has 0 aliphatic carbocycles. The number of rotatable bonds is 6. The molecular weight excluding hydrogens is 446 g/mol. The van der Waals surface area contributed by atoms with Crippen LogP contribution in [0.15, 0.2) is 30.3 Å². The molecule has 5 rings (SSSR count). The zero-order valence-corrected chi connectivity index (χ0v) is 20.3. The monoisotopic (exact) mass is 481 g/mol. The molecule has 2 atom stereocenters. The Bertz CT molecular complexity index is 1070. The largest absolute Gasteiger partial charge is 0.508 e. The van der Waals surface area contributed by atoms with Crippen molar-refractivity contribution in [1.29, 1.82) is 0 Å². The molecule has 1 amide bonds. The Balaban J connectivity index is 1.36. The minimum absolute atomic E-state index is 0.111. The number of phenols is 2. The van der Waals surface area contributed by atoms with E-state index in [4.69, 9.17) is 9.47 Å². The summed E-state index contributed by atoms with van der Waals surface area (Å²) in [7, 11) is 2.08. The van der Waals surface area contributed by atoms with E-state index < -0.39 is 0 Å². The van der Waals surface area contributed by atoms with Crippen LogP contribution in [0, 0.1) is 0 Å². The van der Waals surface area contributed by atoms with Crippen molar-refractivity contribution in [2.75, 3.05) is 45.3 Å². The van der Waals surface area contributed by atoms with Gasteiger partial charge in [0.25, 0.3) is 5.91 Å². The maximum Gasteiger partial charge on any atom is 0.261 e. The number of nitrogens with zero attached hydrogens (tertiary/aromatic N) is 2. The van der Waals surface area contributed by atoms with Crippen LogP contribution >= 0.6 is 0 Å². The van der Waals surface area contributed by atoms with Crippen molar-refractivity contribution in [3.05, 3.63) is 47.0 Å². The summed E-state index contributed by atoms with van der Waals surface area (Å²) >= 11 is 0. The fourth-order valence-electron chi connectivity index (χ4n) is 5.37. The summed E-state index contributed by atoms with van der Waals surface area (Å²) in [5.74, 6) is -0.450. The lowest BCUT2D eigenvalue weighted by Crippen LogP contribution is -2.40. The van der Waals surface area contributed by atoms with E-state index in [1.807, 2.05) is 0 Å². The van der Waals surface area contributed by atoms with Crippen LogP contribution in [0.25, 0.3) is 0 Å². The van der Waals surface area contributed by atoms with E-state index >= 15 is 0 Å². The molecule has 0 bridgehead atoms. The number of benzene rings is 2. The SMILES string of the molecule is CN1CCCCC1COc1cc(O)cc(O)c1C(=O)N1CCc2cccc(N[C@H]3CCOC3)c2C1. The minimum Gasteiger partial charge on any atom is -0.508 e. The lowest BCUT2D eigenvalue weighted by molar-refractivity contribution is 0.0722. The Morgan fingerprint density at radius 1 is 1.20 bits per heavy atom. The van der Waals surface area contributed by atoms with Crippen LogP contribution in [0.1, 0.15) is 47.2 Å². The highest BCUT2D eigenvalue weighted by Crippen LogP contribution is 2.36. The summed E-state index contributed by atoms with van der Waals surface area (Å²) in [6.07, 6.45) is 5.04. The first-order chi connectivity index (χ1) is 17.0.